The summed E-state index contributed by atoms with van der Waals surface area (Å²) in [5.41, 5.74) is 7.76. The van der Waals surface area contributed by atoms with Gasteiger partial charge >= 0.3 is 0 Å². The minimum Gasteiger partial charge on any atom is -0.396 e. The molecule has 0 bridgehead atoms. The van der Waals surface area contributed by atoms with Gasteiger partial charge in [0.1, 0.15) is 0 Å². The molecule has 0 aliphatic heterocycles. The fraction of sp³-hybridized carbons (Fsp3) is 0.571. The topological polar surface area (TPSA) is 46.2 Å². The molecule has 0 saturated heterocycles. The first-order valence-electron chi connectivity index (χ1n) is 6.31. The molecule has 2 rings (SSSR count). The molecule has 0 heterocycles. The highest BCUT2D eigenvalue weighted by Gasteiger charge is 2.43. The normalized spacial score (nSPS) is 19.7. The van der Waals surface area contributed by atoms with Crippen LogP contribution in [0.4, 0.5) is 0 Å². The van der Waals surface area contributed by atoms with E-state index in [4.69, 9.17) is 22.4 Å². The average Bonchev–Trinajstić information content (AvgIpc) is 2.27. The zero-order valence-electron chi connectivity index (χ0n) is 10.0. The second kappa shape index (κ2) is 5.38. The van der Waals surface area contributed by atoms with Crippen LogP contribution in [-0.4, -0.2) is 17.8 Å². The summed E-state index contributed by atoms with van der Waals surface area (Å²) in [5, 5.41) is 9.68. The van der Waals surface area contributed by atoms with Crippen molar-refractivity contribution in [1.29, 1.82) is 0 Å². The quantitative estimate of drug-likeness (QED) is 0.848. The highest BCUT2D eigenvalue weighted by Crippen LogP contribution is 2.47. The number of nitrogens with two attached hydrogens (primary N) is 1. The van der Waals surface area contributed by atoms with Gasteiger partial charge in [-0.3, -0.25) is 0 Å². The third-order valence-corrected chi connectivity index (χ3v) is 4.30. The summed E-state index contributed by atoms with van der Waals surface area (Å²) < 4.78 is 0. The van der Waals surface area contributed by atoms with Crippen molar-refractivity contribution in [3.63, 3.8) is 0 Å². The minimum atomic E-state index is 0.125. The molecule has 1 aliphatic carbocycles. The summed E-state index contributed by atoms with van der Waals surface area (Å²) >= 11 is 5.92. The van der Waals surface area contributed by atoms with E-state index in [2.05, 4.69) is 12.1 Å². The van der Waals surface area contributed by atoms with Gasteiger partial charge in [-0.1, -0.05) is 30.2 Å². The molecule has 1 unspecified atom stereocenters. The van der Waals surface area contributed by atoms with Crippen molar-refractivity contribution in [3.05, 3.63) is 34.9 Å². The SMILES string of the molecule is NC(CCCO)C1(c2ccc(Cl)cc2)CCC1. The van der Waals surface area contributed by atoms with Gasteiger partial charge < -0.3 is 10.8 Å². The Morgan fingerprint density at radius 3 is 2.41 bits per heavy atom. The zero-order valence-corrected chi connectivity index (χ0v) is 10.8. The van der Waals surface area contributed by atoms with Crippen molar-refractivity contribution < 1.29 is 5.11 Å². The van der Waals surface area contributed by atoms with Gasteiger partial charge in [0.25, 0.3) is 0 Å². The van der Waals surface area contributed by atoms with Crippen LogP contribution in [-0.2, 0) is 5.41 Å². The number of benzene rings is 1. The van der Waals surface area contributed by atoms with Gasteiger partial charge in [-0.05, 0) is 43.4 Å². The third-order valence-electron chi connectivity index (χ3n) is 4.05. The largest absolute Gasteiger partial charge is 0.396 e. The van der Waals surface area contributed by atoms with Gasteiger partial charge in [0, 0.05) is 23.1 Å². The number of rotatable bonds is 5. The number of aliphatic hydroxyl groups excluding tert-OH is 1. The number of hydrogen-bond acceptors (Lipinski definition) is 2. The predicted molar refractivity (Wildman–Crippen MR) is 71.3 cm³/mol. The van der Waals surface area contributed by atoms with Gasteiger partial charge in [0.15, 0.2) is 0 Å². The highest BCUT2D eigenvalue weighted by atomic mass is 35.5. The molecule has 1 aromatic rings. The monoisotopic (exact) mass is 253 g/mol. The van der Waals surface area contributed by atoms with Gasteiger partial charge in [0.05, 0.1) is 0 Å². The van der Waals surface area contributed by atoms with Crippen molar-refractivity contribution >= 4 is 11.6 Å². The van der Waals surface area contributed by atoms with E-state index in [-0.39, 0.29) is 18.1 Å². The number of halogens is 1. The van der Waals surface area contributed by atoms with Gasteiger partial charge in [-0.15, -0.1) is 0 Å². The Kier molecular flexibility index (Phi) is 4.08. The molecule has 1 atom stereocenters. The summed E-state index contributed by atoms with van der Waals surface area (Å²) in [6, 6.07) is 8.22. The van der Waals surface area contributed by atoms with E-state index in [1.807, 2.05) is 12.1 Å². The second-order valence-corrected chi connectivity index (χ2v) is 5.43. The van der Waals surface area contributed by atoms with Gasteiger partial charge in [-0.2, -0.15) is 0 Å². The molecule has 1 saturated carbocycles. The van der Waals surface area contributed by atoms with Crippen molar-refractivity contribution in [2.45, 2.75) is 43.6 Å². The van der Waals surface area contributed by atoms with Crippen LogP contribution in [0.2, 0.25) is 5.02 Å². The molecule has 2 nitrogen and oxygen atoms in total. The summed E-state index contributed by atoms with van der Waals surface area (Å²) in [5.74, 6) is 0. The Morgan fingerprint density at radius 1 is 1.29 bits per heavy atom. The molecule has 1 aromatic carbocycles. The molecule has 1 aliphatic rings. The first-order chi connectivity index (χ1) is 8.19. The van der Waals surface area contributed by atoms with Crippen LogP contribution in [0.3, 0.4) is 0 Å². The Labute approximate surface area is 108 Å². The Hall–Kier alpha value is -0.570. The predicted octanol–water partition coefficient (Wildman–Crippen LogP) is 2.86. The van der Waals surface area contributed by atoms with Crippen molar-refractivity contribution in [2.24, 2.45) is 5.73 Å². The Balaban J connectivity index is 2.16. The molecule has 0 amide bonds. The van der Waals surface area contributed by atoms with Crippen LogP contribution in [0.1, 0.15) is 37.7 Å². The number of aliphatic hydroxyl groups is 1. The maximum Gasteiger partial charge on any atom is 0.0431 e. The molecular formula is C14H20ClNO. The van der Waals surface area contributed by atoms with Crippen LogP contribution in [0.5, 0.6) is 0 Å². The van der Waals surface area contributed by atoms with Crippen molar-refractivity contribution in [3.8, 4) is 0 Å². The summed E-state index contributed by atoms with van der Waals surface area (Å²) in [4.78, 5) is 0. The van der Waals surface area contributed by atoms with Crippen LogP contribution < -0.4 is 5.73 Å². The smallest absolute Gasteiger partial charge is 0.0431 e. The van der Waals surface area contributed by atoms with Crippen LogP contribution >= 0.6 is 11.6 Å². The van der Waals surface area contributed by atoms with Crippen molar-refractivity contribution in [2.75, 3.05) is 6.61 Å². The summed E-state index contributed by atoms with van der Waals surface area (Å²) in [6.45, 7) is 0.227. The zero-order chi connectivity index (χ0) is 12.3. The minimum absolute atomic E-state index is 0.125. The molecular weight excluding hydrogens is 234 g/mol. The Morgan fingerprint density at radius 2 is 1.94 bits per heavy atom. The van der Waals surface area contributed by atoms with E-state index in [0.717, 1.165) is 30.7 Å². The second-order valence-electron chi connectivity index (χ2n) is 4.99. The Bertz CT molecular complexity index is 359. The van der Waals surface area contributed by atoms with Crippen molar-refractivity contribution in [1.82, 2.24) is 0 Å². The lowest BCUT2D eigenvalue weighted by atomic mass is 9.59. The van der Waals surface area contributed by atoms with E-state index >= 15 is 0 Å². The highest BCUT2D eigenvalue weighted by molar-refractivity contribution is 6.30. The van der Waals surface area contributed by atoms with Gasteiger partial charge in [0.2, 0.25) is 0 Å². The first kappa shape index (κ1) is 12.9. The molecule has 94 valence electrons. The van der Waals surface area contributed by atoms with E-state index in [1.165, 1.54) is 12.0 Å². The fourth-order valence-corrected chi connectivity index (χ4v) is 2.93. The standard InChI is InChI=1S/C14H20ClNO/c15-12-6-4-11(5-7-12)14(8-2-9-14)13(16)3-1-10-17/h4-7,13,17H,1-3,8-10,16H2. The van der Waals surface area contributed by atoms with E-state index in [1.54, 1.807) is 0 Å². The first-order valence-corrected chi connectivity index (χ1v) is 6.69. The molecule has 3 N–H and O–H groups in total. The summed E-state index contributed by atoms with van der Waals surface area (Å²) in [7, 11) is 0. The van der Waals surface area contributed by atoms with Crippen LogP contribution in [0.25, 0.3) is 0 Å². The van der Waals surface area contributed by atoms with Crippen LogP contribution in [0.15, 0.2) is 24.3 Å². The molecule has 17 heavy (non-hydrogen) atoms. The lowest BCUT2D eigenvalue weighted by molar-refractivity contribution is 0.177. The molecule has 0 radical (unpaired) electrons. The van der Waals surface area contributed by atoms with Gasteiger partial charge in [-0.25, -0.2) is 0 Å². The number of hydrogen-bond donors (Lipinski definition) is 2. The molecule has 1 fully saturated rings. The maximum atomic E-state index is 8.91. The lowest BCUT2D eigenvalue weighted by Crippen LogP contribution is -2.50. The van der Waals surface area contributed by atoms with E-state index in [0.29, 0.717) is 0 Å². The average molecular weight is 254 g/mol. The fourth-order valence-electron chi connectivity index (χ4n) is 2.80. The molecule has 3 heteroatoms. The third kappa shape index (κ3) is 2.49. The maximum absolute atomic E-state index is 8.91. The van der Waals surface area contributed by atoms with Crippen LogP contribution in [0, 0.1) is 0 Å². The van der Waals surface area contributed by atoms with E-state index < -0.39 is 0 Å². The molecule has 0 spiro atoms. The molecule has 0 aromatic heterocycles. The van der Waals surface area contributed by atoms with E-state index in [9.17, 15) is 0 Å². The lowest BCUT2D eigenvalue weighted by Gasteiger charge is -2.47. The summed E-state index contributed by atoms with van der Waals surface area (Å²) in [6.07, 6.45) is 5.23.